The molecule has 0 spiro atoms. The molecule has 0 saturated carbocycles. The molecule has 0 aliphatic heterocycles. The van der Waals surface area contributed by atoms with E-state index in [2.05, 4.69) is 5.32 Å². The molecule has 2 aromatic rings. The normalized spacial score (nSPS) is 11.0. The lowest BCUT2D eigenvalue weighted by molar-refractivity contribution is 0.0951. The van der Waals surface area contributed by atoms with Gasteiger partial charge in [-0.2, -0.15) is 0 Å². The molecule has 26 heavy (non-hydrogen) atoms. The second kappa shape index (κ2) is 8.71. The number of ether oxygens (including phenoxy) is 2. The minimum Gasteiger partial charge on any atom is -0.493 e. The van der Waals surface area contributed by atoms with Crippen molar-refractivity contribution in [2.24, 2.45) is 0 Å². The maximum atomic E-state index is 12.4. The summed E-state index contributed by atoms with van der Waals surface area (Å²) in [6.45, 7) is 1.93. The number of nitrogens with one attached hydrogen (secondary N) is 1. The van der Waals surface area contributed by atoms with Crippen molar-refractivity contribution in [1.82, 2.24) is 5.32 Å². The first-order valence-corrected chi connectivity index (χ1v) is 9.89. The summed E-state index contributed by atoms with van der Waals surface area (Å²) in [5, 5.41) is 2.77. The number of benzene rings is 2. The fraction of sp³-hybridized carbons (Fsp3) is 0.316. The van der Waals surface area contributed by atoms with Crippen LogP contribution in [-0.4, -0.2) is 40.8 Å². The monoisotopic (exact) mass is 377 g/mol. The summed E-state index contributed by atoms with van der Waals surface area (Å²) in [5.41, 5.74) is 1.14. The molecule has 6 nitrogen and oxygen atoms in total. The summed E-state index contributed by atoms with van der Waals surface area (Å²) in [6, 6.07) is 11.8. The molecule has 2 rings (SSSR count). The smallest absolute Gasteiger partial charge is 0.252 e. The molecular weight excluding hydrogens is 354 g/mol. The predicted octanol–water partition coefficient (Wildman–Crippen LogP) is 2.47. The summed E-state index contributed by atoms with van der Waals surface area (Å²) in [4.78, 5) is 12.5. The Bertz CT molecular complexity index is 877. The lowest BCUT2D eigenvalue weighted by Crippen LogP contribution is -2.27. The zero-order chi connectivity index (χ0) is 19.2. The van der Waals surface area contributed by atoms with Gasteiger partial charge in [-0.25, -0.2) is 8.42 Å². The van der Waals surface area contributed by atoms with E-state index in [9.17, 15) is 13.2 Å². The number of amides is 1. The molecule has 0 unspecified atom stereocenters. The Hall–Kier alpha value is -2.54. The average Bonchev–Trinajstić information content (AvgIpc) is 2.67. The van der Waals surface area contributed by atoms with E-state index in [1.54, 1.807) is 39.3 Å². The summed E-state index contributed by atoms with van der Waals surface area (Å²) in [6.07, 6.45) is 0.578. The Balaban J connectivity index is 2.07. The molecule has 1 amide bonds. The zero-order valence-electron chi connectivity index (χ0n) is 15.1. The van der Waals surface area contributed by atoms with Gasteiger partial charge in [-0.05, 0) is 36.2 Å². The molecule has 7 heteroatoms. The van der Waals surface area contributed by atoms with Crippen molar-refractivity contribution in [1.29, 1.82) is 0 Å². The van der Waals surface area contributed by atoms with E-state index in [4.69, 9.17) is 9.47 Å². The van der Waals surface area contributed by atoms with Gasteiger partial charge in [0.15, 0.2) is 21.3 Å². The van der Waals surface area contributed by atoms with Crippen LogP contribution >= 0.6 is 0 Å². The highest BCUT2D eigenvalue weighted by molar-refractivity contribution is 7.91. The van der Waals surface area contributed by atoms with Gasteiger partial charge in [-0.3, -0.25) is 4.79 Å². The van der Waals surface area contributed by atoms with Gasteiger partial charge < -0.3 is 14.8 Å². The van der Waals surface area contributed by atoms with E-state index in [0.29, 0.717) is 24.5 Å². The van der Waals surface area contributed by atoms with Gasteiger partial charge in [0.25, 0.3) is 5.91 Å². The molecule has 1 N–H and O–H groups in total. The van der Waals surface area contributed by atoms with Gasteiger partial charge in [0.05, 0.1) is 30.4 Å². The Morgan fingerprint density at radius 1 is 1.04 bits per heavy atom. The van der Waals surface area contributed by atoms with Crippen molar-refractivity contribution < 1.29 is 22.7 Å². The van der Waals surface area contributed by atoms with Gasteiger partial charge in [0.1, 0.15) is 0 Å². The van der Waals surface area contributed by atoms with Crippen LogP contribution in [0.2, 0.25) is 0 Å². The van der Waals surface area contributed by atoms with Crippen LogP contribution < -0.4 is 14.8 Å². The number of carbonyl (C=O) groups is 1. The van der Waals surface area contributed by atoms with Crippen LogP contribution in [0.3, 0.4) is 0 Å². The molecule has 0 radical (unpaired) electrons. The highest BCUT2D eigenvalue weighted by atomic mass is 32.2. The molecule has 0 fully saturated rings. The summed E-state index contributed by atoms with van der Waals surface area (Å²) in [7, 11) is -0.326. The van der Waals surface area contributed by atoms with Crippen LogP contribution in [0.4, 0.5) is 0 Å². The van der Waals surface area contributed by atoms with Crippen molar-refractivity contribution >= 4 is 15.7 Å². The molecule has 2 aromatic carbocycles. The maximum absolute atomic E-state index is 12.4. The van der Waals surface area contributed by atoms with Gasteiger partial charge in [-0.15, -0.1) is 0 Å². The Morgan fingerprint density at radius 3 is 2.38 bits per heavy atom. The minimum absolute atomic E-state index is 0.0526. The van der Waals surface area contributed by atoms with E-state index >= 15 is 0 Å². The highest BCUT2D eigenvalue weighted by Crippen LogP contribution is 2.27. The zero-order valence-corrected chi connectivity index (χ0v) is 15.9. The third kappa shape index (κ3) is 4.54. The minimum atomic E-state index is -3.46. The first-order chi connectivity index (χ1) is 12.4. The number of hydrogen-bond acceptors (Lipinski definition) is 5. The maximum Gasteiger partial charge on any atom is 0.252 e. The molecule has 140 valence electrons. The van der Waals surface area contributed by atoms with Crippen molar-refractivity contribution in [3.05, 3.63) is 53.6 Å². The van der Waals surface area contributed by atoms with E-state index in [-0.39, 0.29) is 16.2 Å². The highest BCUT2D eigenvalue weighted by Gasteiger charge is 2.20. The molecule has 0 atom stereocenters. The summed E-state index contributed by atoms with van der Waals surface area (Å²) in [5.74, 6) is 0.802. The van der Waals surface area contributed by atoms with Crippen LogP contribution in [0, 0.1) is 0 Å². The van der Waals surface area contributed by atoms with Crippen LogP contribution in [0.15, 0.2) is 47.4 Å². The van der Waals surface area contributed by atoms with Crippen LogP contribution in [0.1, 0.15) is 22.8 Å². The standard InChI is InChI=1S/C19H23NO5S/c1-4-26(22,23)18-8-6-5-7-15(18)19(21)20-12-11-14-9-10-16(24-2)17(13-14)25-3/h5-10,13H,4,11-12H2,1-3H3,(H,20,21). The van der Waals surface area contributed by atoms with Crippen molar-refractivity contribution in [3.8, 4) is 11.5 Å². The Labute approximate surface area is 154 Å². The number of hydrogen-bond donors (Lipinski definition) is 1. The predicted molar refractivity (Wildman–Crippen MR) is 99.8 cm³/mol. The van der Waals surface area contributed by atoms with Crippen molar-refractivity contribution in [2.75, 3.05) is 26.5 Å². The average molecular weight is 377 g/mol. The lowest BCUT2D eigenvalue weighted by atomic mass is 10.1. The lowest BCUT2D eigenvalue weighted by Gasteiger charge is -2.11. The molecular formula is C19H23NO5S. The van der Waals surface area contributed by atoms with E-state index < -0.39 is 15.7 Å². The second-order valence-corrected chi connectivity index (χ2v) is 7.84. The summed E-state index contributed by atoms with van der Waals surface area (Å²) < 4.78 is 34.7. The van der Waals surface area contributed by atoms with Gasteiger partial charge >= 0.3 is 0 Å². The first-order valence-electron chi connectivity index (χ1n) is 8.23. The number of methoxy groups -OCH3 is 2. The van der Waals surface area contributed by atoms with Crippen LogP contribution in [-0.2, 0) is 16.3 Å². The molecule has 0 saturated heterocycles. The molecule has 0 aromatic heterocycles. The number of sulfone groups is 1. The number of carbonyl (C=O) groups excluding carboxylic acids is 1. The van der Waals surface area contributed by atoms with E-state index in [1.165, 1.54) is 12.1 Å². The van der Waals surface area contributed by atoms with Crippen LogP contribution in [0.5, 0.6) is 11.5 Å². The van der Waals surface area contributed by atoms with Crippen LogP contribution in [0.25, 0.3) is 0 Å². The molecule has 0 bridgehead atoms. The fourth-order valence-electron chi connectivity index (χ4n) is 2.53. The SMILES string of the molecule is CCS(=O)(=O)c1ccccc1C(=O)NCCc1ccc(OC)c(OC)c1. The third-order valence-electron chi connectivity index (χ3n) is 3.99. The van der Waals surface area contributed by atoms with Gasteiger partial charge in [0, 0.05) is 6.54 Å². The number of rotatable bonds is 8. The largest absolute Gasteiger partial charge is 0.493 e. The van der Waals surface area contributed by atoms with Gasteiger partial charge in [-0.1, -0.05) is 25.1 Å². The van der Waals surface area contributed by atoms with E-state index in [0.717, 1.165) is 5.56 Å². The third-order valence-corrected chi connectivity index (χ3v) is 5.78. The Morgan fingerprint density at radius 2 is 1.73 bits per heavy atom. The van der Waals surface area contributed by atoms with Crippen molar-refractivity contribution in [2.45, 2.75) is 18.2 Å². The fourth-order valence-corrected chi connectivity index (χ4v) is 3.63. The van der Waals surface area contributed by atoms with E-state index in [1.807, 2.05) is 12.1 Å². The van der Waals surface area contributed by atoms with Crippen molar-refractivity contribution in [3.63, 3.8) is 0 Å². The first kappa shape index (κ1) is 19.8. The topological polar surface area (TPSA) is 81.7 Å². The molecule has 0 heterocycles. The van der Waals surface area contributed by atoms with Gasteiger partial charge in [0.2, 0.25) is 0 Å². The second-order valence-electron chi connectivity index (χ2n) is 5.59. The quantitative estimate of drug-likeness (QED) is 0.764. The summed E-state index contributed by atoms with van der Waals surface area (Å²) >= 11 is 0. The molecule has 0 aliphatic rings. The Kier molecular flexibility index (Phi) is 6.63. The molecule has 0 aliphatic carbocycles.